The zero-order valence-electron chi connectivity index (χ0n) is 14.0. The van der Waals surface area contributed by atoms with Gasteiger partial charge in [0.05, 0.1) is 6.10 Å². The molecule has 1 fully saturated rings. The molecular weight excluding hydrogens is 286 g/mol. The molecule has 3 nitrogen and oxygen atoms in total. The van der Waals surface area contributed by atoms with E-state index in [4.69, 9.17) is 9.15 Å². The van der Waals surface area contributed by atoms with E-state index in [1.165, 1.54) is 11.1 Å². The van der Waals surface area contributed by atoms with Crippen molar-refractivity contribution in [2.75, 3.05) is 0 Å². The van der Waals surface area contributed by atoms with E-state index in [0.29, 0.717) is 11.8 Å². The minimum Gasteiger partial charge on any atom is -0.436 e. The molecule has 2 unspecified atom stereocenters. The molecule has 0 bridgehead atoms. The van der Waals surface area contributed by atoms with Crippen LogP contribution < -0.4 is 0 Å². The number of fused-ring (bicyclic) bond motifs is 1. The molecule has 1 saturated heterocycles. The average Bonchev–Trinajstić information content (AvgIpc) is 3.06. The molecule has 118 valence electrons. The highest BCUT2D eigenvalue weighted by atomic mass is 16.6. The standard InChI is InChI=1S/C20H21NO2/c1-12(2)18-20(4,23-18)15-9-10-17-16(11-15)21-19(22-17)14-7-5-13(3)6-8-14/h5-12,18H,1-4H3. The van der Waals surface area contributed by atoms with Gasteiger partial charge in [0.1, 0.15) is 11.1 Å². The second kappa shape index (κ2) is 4.93. The summed E-state index contributed by atoms with van der Waals surface area (Å²) in [7, 11) is 0. The van der Waals surface area contributed by atoms with Gasteiger partial charge in [-0.3, -0.25) is 0 Å². The first kappa shape index (κ1) is 14.5. The normalized spacial score (nSPS) is 23.6. The Morgan fingerprint density at radius 3 is 2.48 bits per heavy atom. The molecule has 0 amide bonds. The molecule has 2 heterocycles. The molecule has 0 spiro atoms. The Kier molecular flexibility index (Phi) is 3.10. The molecule has 0 radical (unpaired) electrons. The summed E-state index contributed by atoms with van der Waals surface area (Å²) >= 11 is 0. The second-order valence-corrected chi connectivity index (χ2v) is 6.96. The third kappa shape index (κ3) is 2.36. The van der Waals surface area contributed by atoms with Gasteiger partial charge in [-0.1, -0.05) is 37.6 Å². The summed E-state index contributed by atoms with van der Waals surface area (Å²) in [6.07, 6.45) is 0.281. The van der Waals surface area contributed by atoms with Crippen molar-refractivity contribution < 1.29 is 9.15 Å². The summed E-state index contributed by atoms with van der Waals surface area (Å²) in [6, 6.07) is 14.4. The Hall–Kier alpha value is -2.13. The van der Waals surface area contributed by atoms with Crippen LogP contribution in [0.5, 0.6) is 0 Å². The molecule has 1 aliphatic rings. The minimum atomic E-state index is -0.189. The van der Waals surface area contributed by atoms with Crippen LogP contribution in [0.3, 0.4) is 0 Å². The summed E-state index contributed by atoms with van der Waals surface area (Å²) in [5.41, 5.74) is 4.91. The predicted molar refractivity (Wildman–Crippen MR) is 91.2 cm³/mol. The average molecular weight is 307 g/mol. The first-order valence-electron chi connectivity index (χ1n) is 8.13. The highest BCUT2D eigenvalue weighted by Gasteiger charge is 2.55. The maximum atomic E-state index is 5.95. The van der Waals surface area contributed by atoms with E-state index in [1.807, 2.05) is 18.2 Å². The molecule has 1 aromatic heterocycles. The van der Waals surface area contributed by atoms with Crippen molar-refractivity contribution in [2.24, 2.45) is 5.92 Å². The molecule has 4 rings (SSSR count). The Morgan fingerprint density at radius 1 is 1.09 bits per heavy atom. The fourth-order valence-electron chi connectivity index (χ4n) is 3.29. The van der Waals surface area contributed by atoms with Crippen molar-refractivity contribution in [3.05, 3.63) is 53.6 Å². The molecule has 2 aromatic carbocycles. The SMILES string of the molecule is Cc1ccc(-c2nc3cc(C4(C)OC4C(C)C)ccc3o2)cc1. The van der Waals surface area contributed by atoms with Crippen molar-refractivity contribution in [1.29, 1.82) is 0 Å². The van der Waals surface area contributed by atoms with Crippen molar-refractivity contribution in [3.63, 3.8) is 0 Å². The lowest BCUT2D eigenvalue weighted by Crippen LogP contribution is -2.11. The van der Waals surface area contributed by atoms with E-state index in [0.717, 1.165) is 16.7 Å². The first-order chi connectivity index (χ1) is 11.0. The molecular formula is C20H21NO2. The Morgan fingerprint density at radius 2 is 1.83 bits per heavy atom. The van der Waals surface area contributed by atoms with Gasteiger partial charge in [0.2, 0.25) is 5.89 Å². The number of aromatic nitrogens is 1. The lowest BCUT2D eigenvalue weighted by molar-refractivity contribution is 0.296. The molecule has 0 aliphatic carbocycles. The zero-order chi connectivity index (χ0) is 16.2. The Bertz CT molecular complexity index is 863. The summed E-state index contributed by atoms with van der Waals surface area (Å²) in [6.45, 7) is 8.61. The van der Waals surface area contributed by atoms with E-state index in [1.54, 1.807) is 0 Å². The van der Waals surface area contributed by atoms with Crippen LogP contribution in [-0.2, 0) is 10.3 Å². The van der Waals surface area contributed by atoms with Gasteiger partial charge in [0.25, 0.3) is 0 Å². The second-order valence-electron chi connectivity index (χ2n) is 6.96. The van der Waals surface area contributed by atoms with Gasteiger partial charge in [0, 0.05) is 5.56 Å². The van der Waals surface area contributed by atoms with Gasteiger partial charge < -0.3 is 9.15 Å². The minimum absolute atomic E-state index is 0.189. The lowest BCUT2D eigenvalue weighted by Gasteiger charge is -2.08. The van der Waals surface area contributed by atoms with Crippen LogP contribution in [0.2, 0.25) is 0 Å². The molecule has 0 saturated carbocycles. The summed E-state index contributed by atoms with van der Waals surface area (Å²) < 4.78 is 11.9. The van der Waals surface area contributed by atoms with Crippen LogP contribution >= 0.6 is 0 Å². The van der Waals surface area contributed by atoms with Crippen LogP contribution in [-0.4, -0.2) is 11.1 Å². The molecule has 0 N–H and O–H groups in total. The van der Waals surface area contributed by atoms with Crippen LogP contribution in [0, 0.1) is 12.8 Å². The first-order valence-corrected chi connectivity index (χ1v) is 8.13. The van der Waals surface area contributed by atoms with Crippen molar-refractivity contribution in [3.8, 4) is 11.5 Å². The van der Waals surface area contributed by atoms with Crippen molar-refractivity contribution >= 4 is 11.1 Å². The maximum Gasteiger partial charge on any atom is 0.227 e. The van der Waals surface area contributed by atoms with Gasteiger partial charge in [-0.25, -0.2) is 4.98 Å². The van der Waals surface area contributed by atoms with E-state index >= 15 is 0 Å². The number of rotatable bonds is 3. The number of aryl methyl sites for hydroxylation is 1. The van der Waals surface area contributed by atoms with Gasteiger partial charge in [0.15, 0.2) is 5.58 Å². The third-order valence-corrected chi connectivity index (χ3v) is 4.72. The number of hydrogen-bond donors (Lipinski definition) is 0. The highest BCUT2D eigenvalue weighted by molar-refractivity contribution is 5.77. The summed E-state index contributed by atoms with van der Waals surface area (Å²) in [5, 5.41) is 0. The number of hydrogen-bond acceptors (Lipinski definition) is 3. The fourth-order valence-corrected chi connectivity index (χ4v) is 3.29. The van der Waals surface area contributed by atoms with E-state index in [2.05, 4.69) is 56.9 Å². The maximum absolute atomic E-state index is 5.95. The number of benzene rings is 2. The molecule has 3 heteroatoms. The summed E-state index contributed by atoms with van der Waals surface area (Å²) in [4.78, 5) is 4.66. The van der Waals surface area contributed by atoms with Gasteiger partial charge in [-0.15, -0.1) is 0 Å². The van der Waals surface area contributed by atoms with Gasteiger partial charge in [-0.05, 0) is 49.6 Å². The van der Waals surface area contributed by atoms with E-state index in [9.17, 15) is 0 Å². The van der Waals surface area contributed by atoms with Crippen molar-refractivity contribution in [1.82, 2.24) is 4.98 Å². The quantitative estimate of drug-likeness (QED) is 0.634. The number of ether oxygens (including phenoxy) is 1. The Balaban J connectivity index is 1.72. The zero-order valence-corrected chi connectivity index (χ0v) is 14.0. The van der Waals surface area contributed by atoms with Crippen LogP contribution in [0.25, 0.3) is 22.6 Å². The molecule has 23 heavy (non-hydrogen) atoms. The largest absolute Gasteiger partial charge is 0.436 e. The van der Waals surface area contributed by atoms with Gasteiger partial charge in [-0.2, -0.15) is 0 Å². The summed E-state index contributed by atoms with van der Waals surface area (Å²) in [5.74, 6) is 1.18. The Labute approximate surface area is 136 Å². The number of oxazole rings is 1. The highest BCUT2D eigenvalue weighted by Crippen LogP contribution is 2.49. The van der Waals surface area contributed by atoms with Gasteiger partial charge >= 0.3 is 0 Å². The topological polar surface area (TPSA) is 38.6 Å². The molecule has 3 aromatic rings. The number of nitrogens with zero attached hydrogens (tertiary/aromatic N) is 1. The van der Waals surface area contributed by atoms with Crippen LogP contribution in [0.15, 0.2) is 46.9 Å². The van der Waals surface area contributed by atoms with E-state index < -0.39 is 0 Å². The smallest absolute Gasteiger partial charge is 0.227 e. The van der Waals surface area contributed by atoms with Crippen molar-refractivity contribution in [2.45, 2.75) is 39.4 Å². The number of epoxide rings is 1. The van der Waals surface area contributed by atoms with Crippen LogP contribution in [0.4, 0.5) is 0 Å². The monoisotopic (exact) mass is 307 g/mol. The van der Waals surface area contributed by atoms with Crippen LogP contribution in [0.1, 0.15) is 31.9 Å². The lowest BCUT2D eigenvalue weighted by atomic mass is 9.92. The fraction of sp³-hybridized carbons (Fsp3) is 0.350. The van der Waals surface area contributed by atoms with E-state index in [-0.39, 0.29) is 11.7 Å². The predicted octanol–water partition coefficient (Wildman–Crippen LogP) is 5.07. The third-order valence-electron chi connectivity index (χ3n) is 4.72. The molecule has 1 aliphatic heterocycles. The molecule has 2 atom stereocenters.